The molecule has 2 N–H and O–H groups in total. The molecule has 4 rings (SSSR count). The average molecular weight is 380 g/mol. The van der Waals surface area contributed by atoms with Crippen molar-refractivity contribution in [1.82, 2.24) is 9.88 Å². The number of carbonyl (C=O) groups excluding carboxylic acids is 2. The molecule has 1 aliphatic heterocycles. The smallest absolute Gasteiger partial charge is 0.322 e. The fourth-order valence-corrected chi connectivity index (χ4v) is 3.79. The maximum Gasteiger partial charge on any atom is 0.322 e. The topological polar surface area (TPSA) is 83.6 Å². The predicted octanol–water partition coefficient (Wildman–Crippen LogP) is 3.78. The summed E-state index contributed by atoms with van der Waals surface area (Å²) in [6, 6.07) is 9.26. The van der Waals surface area contributed by atoms with Gasteiger partial charge in [0.15, 0.2) is 6.61 Å². The molecule has 0 atom stereocenters. The Balaban J connectivity index is 1.51. The summed E-state index contributed by atoms with van der Waals surface area (Å²) in [6.45, 7) is 0.539. The molecule has 28 heavy (non-hydrogen) atoms. The van der Waals surface area contributed by atoms with Crippen molar-refractivity contribution in [2.45, 2.75) is 44.7 Å². The highest BCUT2D eigenvalue weighted by Gasteiger charge is 2.26. The van der Waals surface area contributed by atoms with Gasteiger partial charge in [-0.1, -0.05) is 19.3 Å². The molecule has 0 spiro atoms. The highest BCUT2D eigenvalue weighted by atomic mass is 16.5. The number of hydrogen-bond donors (Lipinski definition) is 2. The third-order valence-corrected chi connectivity index (χ3v) is 5.24. The minimum Gasteiger partial charge on any atom is -0.482 e. The van der Waals surface area contributed by atoms with Gasteiger partial charge in [-0.25, -0.2) is 4.79 Å². The third-order valence-electron chi connectivity index (χ3n) is 5.24. The summed E-state index contributed by atoms with van der Waals surface area (Å²) in [4.78, 5) is 30.5. The Hall–Kier alpha value is -3.09. The summed E-state index contributed by atoms with van der Waals surface area (Å²) in [7, 11) is 0. The first-order valence-electron chi connectivity index (χ1n) is 9.72. The van der Waals surface area contributed by atoms with E-state index in [-0.39, 0.29) is 24.6 Å². The summed E-state index contributed by atoms with van der Waals surface area (Å²) in [5, 5.41) is 5.75. The van der Waals surface area contributed by atoms with Crippen molar-refractivity contribution < 1.29 is 14.3 Å². The van der Waals surface area contributed by atoms with E-state index in [2.05, 4.69) is 15.6 Å². The molecule has 0 saturated heterocycles. The van der Waals surface area contributed by atoms with Gasteiger partial charge in [-0.15, -0.1) is 0 Å². The van der Waals surface area contributed by atoms with Crippen LogP contribution in [0.2, 0.25) is 0 Å². The van der Waals surface area contributed by atoms with Crippen molar-refractivity contribution in [3.05, 3.63) is 48.3 Å². The Morgan fingerprint density at radius 2 is 1.96 bits per heavy atom. The second-order valence-corrected chi connectivity index (χ2v) is 7.25. The van der Waals surface area contributed by atoms with Crippen LogP contribution < -0.4 is 15.4 Å². The van der Waals surface area contributed by atoms with Gasteiger partial charge in [0.1, 0.15) is 5.75 Å². The largest absolute Gasteiger partial charge is 0.482 e. The summed E-state index contributed by atoms with van der Waals surface area (Å²) < 4.78 is 5.45. The quantitative estimate of drug-likeness (QED) is 0.846. The average Bonchev–Trinajstić information content (AvgIpc) is 2.73. The van der Waals surface area contributed by atoms with Crippen molar-refractivity contribution in [2.24, 2.45) is 0 Å². The molecule has 1 fully saturated rings. The Morgan fingerprint density at radius 3 is 2.75 bits per heavy atom. The first-order valence-corrected chi connectivity index (χ1v) is 9.72. The fraction of sp³-hybridized carbons (Fsp3) is 0.381. The lowest BCUT2D eigenvalue weighted by Gasteiger charge is -2.34. The SMILES string of the molecule is O=C1COc2cc(NC(=O)N(Cc3ccncc3)C3CCCCC3)ccc2N1. The van der Waals surface area contributed by atoms with Crippen LogP contribution in [0.15, 0.2) is 42.7 Å². The Bertz CT molecular complexity index is 850. The number of anilines is 2. The molecular formula is C21H24N4O3. The maximum absolute atomic E-state index is 13.1. The van der Waals surface area contributed by atoms with Crippen LogP contribution in [0, 0.1) is 0 Å². The van der Waals surface area contributed by atoms with Crippen LogP contribution >= 0.6 is 0 Å². The molecule has 1 saturated carbocycles. The molecule has 2 aromatic rings. The molecule has 3 amide bonds. The van der Waals surface area contributed by atoms with Gasteiger partial charge >= 0.3 is 6.03 Å². The number of fused-ring (bicyclic) bond motifs is 1. The van der Waals surface area contributed by atoms with E-state index >= 15 is 0 Å². The first kappa shape index (κ1) is 18.3. The van der Waals surface area contributed by atoms with Gasteiger partial charge in [-0.05, 0) is 42.7 Å². The molecule has 1 aliphatic carbocycles. The monoisotopic (exact) mass is 380 g/mol. The highest BCUT2D eigenvalue weighted by Crippen LogP contribution is 2.31. The Labute approximate surface area is 164 Å². The van der Waals surface area contributed by atoms with Gasteiger partial charge in [-0.2, -0.15) is 0 Å². The molecule has 2 aliphatic rings. The molecule has 2 heterocycles. The number of pyridine rings is 1. The second-order valence-electron chi connectivity index (χ2n) is 7.25. The van der Waals surface area contributed by atoms with Crippen molar-refractivity contribution in [2.75, 3.05) is 17.2 Å². The molecule has 1 aromatic heterocycles. The number of nitrogens with one attached hydrogen (secondary N) is 2. The zero-order chi connectivity index (χ0) is 19.3. The highest BCUT2D eigenvalue weighted by molar-refractivity contribution is 5.96. The lowest BCUT2D eigenvalue weighted by Crippen LogP contribution is -2.43. The standard InChI is InChI=1S/C21H24N4O3/c26-20-14-28-19-12-16(6-7-18(19)24-20)23-21(27)25(17-4-2-1-3-5-17)13-15-8-10-22-11-9-15/h6-12,17H,1-5,13-14H2,(H,23,27)(H,24,26). The number of rotatable bonds is 4. The van der Waals surface area contributed by atoms with E-state index in [1.807, 2.05) is 17.0 Å². The van der Waals surface area contributed by atoms with Gasteiger partial charge in [-0.3, -0.25) is 9.78 Å². The molecule has 7 nitrogen and oxygen atoms in total. The normalized spacial score (nSPS) is 16.5. The van der Waals surface area contributed by atoms with Gasteiger partial charge in [0.2, 0.25) is 0 Å². The summed E-state index contributed by atoms with van der Waals surface area (Å²) in [6.07, 6.45) is 9.09. The zero-order valence-corrected chi connectivity index (χ0v) is 15.7. The maximum atomic E-state index is 13.1. The number of carbonyl (C=O) groups is 2. The molecule has 7 heteroatoms. The lowest BCUT2D eigenvalue weighted by atomic mass is 9.94. The van der Waals surface area contributed by atoms with Crippen molar-refractivity contribution in [3.8, 4) is 5.75 Å². The van der Waals surface area contributed by atoms with E-state index in [1.54, 1.807) is 30.6 Å². The first-order chi connectivity index (χ1) is 13.7. The number of hydrogen-bond acceptors (Lipinski definition) is 4. The minimum atomic E-state index is -0.176. The van der Waals surface area contributed by atoms with Gasteiger partial charge in [0, 0.05) is 36.7 Å². The minimum absolute atomic E-state index is 0.0133. The van der Waals surface area contributed by atoms with Crippen molar-refractivity contribution in [1.29, 1.82) is 0 Å². The number of benzene rings is 1. The van der Waals surface area contributed by atoms with Crippen LogP contribution in [0.4, 0.5) is 16.2 Å². The van der Waals surface area contributed by atoms with E-state index in [9.17, 15) is 9.59 Å². The molecular weight excluding hydrogens is 356 g/mol. The van der Waals surface area contributed by atoms with Crippen LogP contribution in [0.1, 0.15) is 37.7 Å². The number of urea groups is 1. The van der Waals surface area contributed by atoms with E-state index in [0.717, 1.165) is 31.2 Å². The van der Waals surface area contributed by atoms with E-state index in [0.29, 0.717) is 23.7 Å². The molecule has 1 aromatic carbocycles. The Morgan fingerprint density at radius 1 is 1.18 bits per heavy atom. The fourth-order valence-electron chi connectivity index (χ4n) is 3.79. The molecule has 146 valence electrons. The molecule has 0 unspecified atom stereocenters. The summed E-state index contributed by atoms with van der Waals surface area (Å²) in [5.41, 5.74) is 2.33. The van der Waals surface area contributed by atoms with Crippen molar-refractivity contribution in [3.63, 3.8) is 0 Å². The Kier molecular flexibility index (Phi) is 5.41. The van der Waals surface area contributed by atoms with Crippen molar-refractivity contribution >= 4 is 23.3 Å². The number of nitrogens with zero attached hydrogens (tertiary/aromatic N) is 2. The van der Waals surface area contributed by atoms with Gasteiger partial charge in [0.25, 0.3) is 5.91 Å². The van der Waals surface area contributed by atoms with Gasteiger partial charge < -0.3 is 20.3 Å². The second kappa shape index (κ2) is 8.29. The number of amides is 3. The van der Waals surface area contributed by atoms with Gasteiger partial charge in [0.05, 0.1) is 5.69 Å². The lowest BCUT2D eigenvalue weighted by molar-refractivity contribution is -0.118. The molecule has 0 bridgehead atoms. The van der Waals surface area contributed by atoms with Crippen LogP contribution in [-0.2, 0) is 11.3 Å². The molecule has 0 radical (unpaired) electrons. The van der Waals surface area contributed by atoms with E-state index in [4.69, 9.17) is 4.74 Å². The van der Waals surface area contributed by atoms with Crippen LogP contribution in [0.3, 0.4) is 0 Å². The number of ether oxygens (including phenoxy) is 1. The summed E-state index contributed by atoms with van der Waals surface area (Å²) >= 11 is 0. The van der Waals surface area contributed by atoms with Crippen LogP contribution in [-0.4, -0.2) is 34.5 Å². The van der Waals surface area contributed by atoms with E-state index in [1.165, 1.54) is 6.42 Å². The summed E-state index contributed by atoms with van der Waals surface area (Å²) in [5.74, 6) is 0.390. The van der Waals surface area contributed by atoms with Crippen LogP contribution in [0.5, 0.6) is 5.75 Å². The van der Waals surface area contributed by atoms with E-state index < -0.39 is 0 Å². The van der Waals surface area contributed by atoms with Crippen LogP contribution in [0.25, 0.3) is 0 Å². The number of aromatic nitrogens is 1. The predicted molar refractivity (Wildman–Crippen MR) is 106 cm³/mol. The zero-order valence-electron chi connectivity index (χ0n) is 15.7. The third kappa shape index (κ3) is 4.24.